The number of hydrogen-bond acceptors (Lipinski definition) is 4. The fourth-order valence-corrected chi connectivity index (χ4v) is 3.37. The van der Waals surface area contributed by atoms with Crippen LogP contribution in [0.15, 0.2) is 12.1 Å². The number of hydrogen-bond donors (Lipinski definition) is 3. The molecule has 5 nitrogen and oxygen atoms in total. The molecule has 1 fully saturated rings. The van der Waals surface area contributed by atoms with Crippen LogP contribution in [0.3, 0.4) is 0 Å². The van der Waals surface area contributed by atoms with E-state index in [0.717, 1.165) is 49.2 Å². The topological polar surface area (TPSA) is 78.6 Å². The Bertz CT molecular complexity index is 545. The summed E-state index contributed by atoms with van der Waals surface area (Å²) in [6.45, 7) is 1.09. The SMILES string of the molecule is Nc1cc2c(cc1N1CCCCCC1CO)CCC(=O)N2. The van der Waals surface area contributed by atoms with Gasteiger partial charge in [-0.15, -0.1) is 0 Å². The van der Waals surface area contributed by atoms with Gasteiger partial charge in [0.2, 0.25) is 5.91 Å². The molecule has 1 aromatic rings. The van der Waals surface area contributed by atoms with Gasteiger partial charge in [-0.05, 0) is 37.0 Å². The van der Waals surface area contributed by atoms with E-state index < -0.39 is 0 Å². The fourth-order valence-electron chi connectivity index (χ4n) is 3.37. The van der Waals surface area contributed by atoms with Gasteiger partial charge in [0.15, 0.2) is 0 Å². The van der Waals surface area contributed by atoms with E-state index in [4.69, 9.17) is 5.73 Å². The van der Waals surface area contributed by atoms with Gasteiger partial charge in [0, 0.05) is 18.7 Å². The van der Waals surface area contributed by atoms with Gasteiger partial charge in [-0.1, -0.05) is 12.8 Å². The van der Waals surface area contributed by atoms with Gasteiger partial charge in [0.25, 0.3) is 0 Å². The fraction of sp³-hybridized carbons (Fsp3) is 0.562. The Hall–Kier alpha value is -1.75. The molecule has 2 aliphatic rings. The van der Waals surface area contributed by atoms with Gasteiger partial charge >= 0.3 is 0 Å². The van der Waals surface area contributed by atoms with Crippen LogP contribution in [0, 0.1) is 0 Å². The number of nitrogen functional groups attached to an aromatic ring is 1. The molecule has 0 spiro atoms. The standard InChI is InChI=1S/C16H23N3O2/c17-13-9-14-11(5-6-16(21)18-14)8-15(13)19-7-3-1-2-4-12(19)10-20/h8-9,12,20H,1-7,10,17H2,(H,18,21). The first kappa shape index (κ1) is 14.2. The number of carbonyl (C=O) groups excluding carboxylic acids is 1. The number of nitrogens with zero attached hydrogens (tertiary/aromatic N) is 1. The average molecular weight is 289 g/mol. The van der Waals surface area contributed by atoms with E-state index in [-0.39, 0.29) is 18.6 Å². The third kappa shape index (κ3) is 2.83. The molecule has 2 aliphatic heterocycles. The lowest BCUT2D eigenvalue weighted by Crippen LogP contribution is -2.38. The zero-order valence-corrected chi connectivity index (χ0v) is 12.3. The molecule has 0 aliphatic carbocycles. The second-order valence-electron chi connectivity index (χ2n) is 6.00. The Morgan fingerprint density at radius 3 is 2.95 bits per heavy atom. The number of fused-ring (bicyclic) bond motifs is 1. The van der Waals surface area contributed by atoms with Crippen LogP contribution in [0.2, 0.25) is 0 Å². The molecule has 1 aromatic carbocycles. The Morgan fingerprint density at radius 2 is 2.14 bits per heavy atom. The maximum atomic E-state index is 11.5. The number of aryl methyl sites for hydroxylation is 1. The van der Waals surface area contributed by atoms with Crippen molar-refractivity contribution in [2.45, 2.75) is 44.6 Å². The summed E-state index contributed by atoms with van der Waals surface area (Å²) in [7, 11) is 0. The van der Waals surface area contributed by atoms with Gasteiger partial charge in [-0.2, -0.15) is 0 Å². The summed E-state index contributed by atoms with van der Waals surface area (Å²) in [6.07, 6.45) is 5.77. The van der Waals surface area contributed by atoms with Crippen LogP contribution in [0.4, 0.5) is 17.1 Å². The van der Waals surface area contributed by atoms with Crippen LogP contribution in [0.5, 0.6) is 0 Å². The van der Waals surface area contributed by atoms with Crippen molar-refractivity contribution < 1.29 is 9.90 Å². The number of amides is 1. The molecule has 0 radical (unpaired) electrons. The molecule has 114 valence electrons. The maximum absolute atomic E-state index is 11.5. The minimum Gasteiger partial charge on any atom is -0.397 e. The summed E-state index contributed by atoms with van der Waals surface area (Å²) < 4.78 is 0. The van der Waals surface area contributed by atoms with E-state index in [0.29, 0.717) is 12.1 Å². The minimum atomic E-state index is 0.0534. The summed E-state index contributed by atoms with van der Waals surface area (Å²) in [4.78, 5) is 13.7. The molecule has 4 N–H and O–H groups in total. The van der Waals surface area contributed by atoms with E-state index in [1.54, 1.807) is 0 Å². The van der Waals surface area contributed by atoms with E-state index >= 15 is 0 Å². The van der Waals surface area contributed by atoms with Crippen LogP contribution in [0.1, 0.15) is 37.7 Å². The van der Waals surface area contributed by atoms with E-state index in [1.165, 1.54) is 6.42 Å². The highest BCUT2D eigenvalue weighted by atomic mass is 16.3. The molecule has 1 atom stereocenters. The van der Waals surface area contributed by atoms with Crippen molar-refractivity contribution in [3.05, 3.63) is 17.7 Å². The highest BCUT2D eigenvalue weighted by Gasteiger charge is 2.24. The van der Waals surface area contributed by atoms with Crippen molar-refractivity contribution >= 4 is 23.0 Å². The molecule has 0 aromatic heterocycles. The number of aliphatic hydroxyl groups is 1. The number of rotatable bonds is 2. The van der Waals surface area contributed by atoms with Crippen molar-refractivity contribution in [3.8, 4) is 0 Å². The molecule has 5 heteroatoms. The number of benzene rings is 1. The molecule has 1 saturated heterocycles. The molecule has 1 unspecified atom stereocenters. The number of nitrogens with two attached hydrogens (primary N) is 1. The Labute approximate surface area is 125 Å². The normalized spacial score (nSPS) is 22.4. The van der Waals surface area contributed by atoms with Crippen molar-refractivity contribution in [3.63, 3.8) is 0 Å². The van der Waals surface area contributed by atoms with Crippen LogP contribution in [-0.4, -0.2) is 30.2 Å². The second-order valence-corrected chi connectivity index (χ2v) is 6.00. The van der Waals surface area contributed by atoms with Gasteiger partial charge in [-0.3, -0.25) is 4.79 Å². The molecular weight excluding hydrogens is 266 g/mol. The number of anilines is 3. The zero-order chi connectivity index (χ0) is 14.8. The molecule has 1 amide bonds. The van der Waals surface area contributed by atoms with Crippen LogP contribution in [0.25, 0.3) is 0 Å². The average Bonchev–Trinajstić information content (AvgIpc) is 2.71. The van der Waals surface area contributed by atoms with E-state index in [2.05, 4.69) is 16.3 Å². The first-order chi connectivity index (χ1) is 10.2. The maximum Gasteiger partial charge on any atom is 0.224 e. The van der Waals surface area contributed by atoms with E-state index in [9.17, 15) is 9.90 Å². The highest BCUT2D eigenvalue weighted by Crippen LogP contribution is 2.35. The molecule has 2 heterocycles. The summed E-state index contributed by atoms with van der Waals surface area (Å²) in [5.41, 5.74) is 9.87. The number of carbonyl (C=O) groups is 1. The lowest BCUT2D eigenvalue weighted by atomic mass is 10.00. The third-order valence-electron chi connectivity index (χ3n) is 4.55. The van der Waals surface area contributed by atoms with Crippen LogP contribution in [-0.2, 0) is 11.2 Å². The molecule has 0 bridgehead atoms. The Morgan fingerprint density at radius 1 is 1.29 bits per heavy atom. The smallest absolute Gasteiger partial charge is 0.224 e. The van der Waals surface area contributed by atoms with Crippen molar-refractivity contribution in [1.29, 1.82) is 0 Å². The van der Waals surface area contributed by atoms with Crippen molar-refractivity contribution in [1.82, 2.24) is 0 Å². The Kier molecular flexibility index (Phi) is 4.01. The first-order valence-corrected chi connectivity index (χ1v) is 7.79. The van der Waals surface area contributed by atoms with Crippen LogP contribution < -0.4 is 16.0 Å². The molecular formula is C16H23N3O2. The Balaban J connectivity index is 1.95. The monoisotopic (exact) mass is 289 g/mol. The minimum absolute atomic E-state index is 0.0534. The lowest BCUT2D eigenvalue weighted by Gasteiger charge is -2.33. The largest absolute Gasteiger partial charge is 0.397 e. The third-order valence-corrected chi connectivity index (χ3v) is 4.55. The van der Waals surface area contributed by atoms with Gasteiger partial charge in [0.05, 0.1) is 24.0 Å². The number of aliphatic hydroxyl groups excluding tert-OH is 1. The summed E-state index contributed by atoms with van der Waals surface area (Å²) in [5, 5.41) is 12.6. The molecule has 0 saturated carbocycles. The first-order valence-electron chi connectivity index (χ1n) is 7.79. The number of nitrogens with one attached hydrogen (secondary N) is 1. The predicted octanol–water partition coefficient (Wildman–Crippen LogP) is 1.89. The quantitative estimate of drug-likeness (QED) is 0.727. The second kappa shape index (κ2) is 5.93. The van der Waals surface area contributed by atoms with Gasteiger partial charge < -0.3 is 21.1 Å². The van der Waals surface area contributed by atoms with Crippen molar-refractivity contribution in [2.24, 2.45) is 0 Å². The van der Waals surface area contributed by atoms with Gasteiger partial charge in [0.1, 0.15) is 0 Å². The summed E-state index contributed by atoms with van der Waals surface area (Å²) in [6, 6.07) is 4.10. The van der Waals surface area contributed by atoms with Gasteiger partial charge in [-0.25, -0.2) is 0 Å². The highest BCUT2D eigenvalue weighted by molar-refractivity contribution is 5.95. The van der Waals surface area contributed by atoms with Crippen molar-refractivity contribution in [2.75, 3.05) is 29.1 Å². The van der Waals surface area contributed by atoms with Crippen LogP contribution >= 0.6 is 0 Å². The molecule has 3 rings (SSSR count). The lowest BCUT2D eigenvalue weighted by molar-refractivity contribution is -0.116. The summed E-state index contributed by atoms with van der Waals surface area (Å²) in [5.74, 6) is 0.0534. The van der Waals surface area contributed by atoms with E-state index in [1.807, 2.05) is 6.07 Å². The summed E-state index contributed by atoms with van der Waals surface area (Å²) >= 11 is 0. The molecule has 21 heavy (non-hydrogen) atoms. The zero-order valence-electron chi connectivity index (χ0n) is 12.3. The predicted molar refractivity (Wildman–Crippen MR) is 84.5 cm³/mol.